The fraction of sp³-hybridized carbons (Fsp3) is 0.727. The van der Waals surface area contributed by atoms with E-state index in [1.165, 1.54) is 0 Å². The fourth-order valence-electron chi connectivity index (χ4n) is 2.04. The number of hydrogen-bond donors (Lipinski definition) is 0. The Morgan fingerprint density at radius 2 is 2.41 bits per heavy atom. The molecular formula is C11H17N3O2S. The van der Waals surface area contributed by atoms with Crippen molar-refractivity contribution in [3.8, 4) is 0 Å². The highest BCUT2D eigenvalue weighted by atomic mass is 32.2. The van der Waals surface area contributed by atoms with Crippen molar-refractivity contribution in [1.29, 1.82) is 0 Å². The van der Waals surface area contributed by atoms with E-state index < -0.39 is 0 Å². The second-order valence-electron chi connectivity index (χ2n) is 4.15. The molecule has 1 saturated heterocycles. The van der Waals surface area contributed by atoms with E-state index in [0.717, 1.165) is 24.5 Å². The van der Waals surface area contributed by atoms with Gasteiger partial charge in [0.2, 0.25) is 11.8 Å². The standard InChI is InChI=1S/C11H17N3O2S/c1-3-14-6-8(4-5-10(14)15)11-12-9(7-17-2)13-16-11/h8H,3-7H2,1-2H3/t8-/m1/s1. The first-order chi connectivity index (χ1) is 8.24. The highest BCUT2D eigenvalue weighted by molar-refractivity contribution is 7.97. The van der Waals surface area contributed by atoms with E-state index in [-0.39, 0.29) is 11.8 Å². The van der Waals surface area contributed by atoms with Gasteiger partial charge in [-0.1, -0.05) is 5.16 Å². The summed E-state index contributed by atoms with van der Waals surface area (Å²) in [5, 5.41) is 3.94. The molecule has 1 aromatic heterocycles. The molecule has 1 aromatic rings. The van der Waals surface area contributed by atoms with Crippen molar-refractivity contribution in [2.45, 2.75) is 31.4 Å². The molecule has 5 nitrogen and oxygen atoms in total. The largest absolute Gasteiger partial charge is 0.342 e. The molecule has 0 N–H and O–H groups in total. The van der Waals surface area contributed by atoms with Crippen LogP contribution in [0.5, 0.6) is 0 Å². The maximum Gasteiger partial charge on any atom is 0.231 e. The Balaban J connectivity index is 2.04. The summed E-state index contributed by atoms with van der Waals surface area (Å²) in [5.41, 5.74) is 0. The number of carbonyl (C=O) groups is 1. The minimum absolute atomic E-state index is 0.204. The van der Waals surface area contributed by atoms with Crippen molar-refractivity contribution in [2.24, 2.45) is 0 Å². The summed E-state index contributed by atoms with van der Waals surface area (Å²) < 4.78 is 5.27. The molecule has 0 radical (unpaired) electrons. The zero-order valence-electron chi connectivity index (χ0n) is 10.2. The molecule has 2 heterocycles. The van der Waals surface area contributed by atoms with Crippen LogP contribution < -0.4 is 0 Å². The predicted octanol–water partition coefficient (Wildman–Crippen LogP) is 1.66. The minimum atomic E-state index is 0.204. The van der Waals surface area contributed by atoms with Crippen LogP contribution in [0.4, 0.5) is 0 Å². The lowest BCUT2D eigenvalue weighted by atomic mass is 9.97. The summed E-state index contributed by atoms with van der Waals surface area (Å²) in [4.78, 5) is 17.8. The maximum absolute atomic E-state index is 11.6. The number of thioether (sulfide) groups is 1. The number of likely N-dealkylation sites (N-methyl/N-ethyl adjacent to an activating group) is 1. The highest BCUT2D eigenvalue weighted by Crippen LogP contribution is 2.26. The first kappa shape index (κ1) is 12.4. The van der Waals surface area contributed by atoms with Gasteiger partial charge in [0.1, 0.15) is 0 Å². The van der Waals surface area contributed by atoms with Crippen LogP contribution in [0.3, 0.4) is 0 Å². The molecular weight excluding hydrogens is 238 g/mol. The Morgan fingerprint density at radius 3 is 3.12 bits per heavy atom. The van der Waals surface area contributed by atoms with E-state index in [4.69, 9.17) is 4.52 Å². The lowest BCUT2D eigenvalue weighted by Gasteiger charge is -2.29. The number of rotatable bonds is 4. The zero-order chi connectivity index (χ0) is 12.3. The zero-order valence-corrected chi connectivity index (χ0v) is 11.0. The Kier molecular flexibility index (Phi) is 4.04. The molecule has 0 unspecified atom stereocenters. The van der Waals surface area contributed by atoms with Crippen LogP contribution in [-0.2, 0) is 10.5 Å². The van der Waals surface area contributed by atoms with E-state index in [1.807, 2.05) is 18.1 Å². The summed E-state index contributed by atoms with van der Waals surface area (Å²) in [6.45, 7) is 3.45. The van der Waals surface area contributed by atoms with E-state index >= 15 is 0 Å². The van der Waals surface area contributed by atoms with Gasteiger partial charge in [0, 0.05) is 19.5 Å². The number of carbonyl (C=O) groups excluding carboxylic acids is 1. The SMILES string of the molecule is CCN1C[C@H](c2nc(CSC)no2)CCC1=O. The Morgan fingerprint density at radius 1 is 1.59 bits per heavy atom. The van der Waals surface area contributed by atoms with Crippen LogP contribution >= 0.6 is 11.8 Å². The van der Waals surface area contributed by atoms with Gasteiger partial charge < -0.3 is 9.42 Å². The van der Waals surface area contributed by atoms with Crippen molar-refractivity contribution >= 4 is 17.7 Å². The molecule has 94 valence electrons. The third-order valence-corrected chi connectivity index (χ3v) is 3.54. The second kappa shape index (κ2) is 5.53. The molecule has 2 rings (SSSR count). The number of aromatic nitrogens is 2. The summed E-state index contributed by atoms with van der Waals surface area (Å²) in [5.74, 6) is 2.63. The number of hydrogen-bond acceptors (Lipinski definition) is 5. The van der Waals surface area contributed by atoms with Crippen molar-refractivity contribution in [2.75, 3.05) is 19.3 Å². The summed E-state index contributed by atoms with van der Waals surface area (Å²) >= 11 is 1.67. The summed E-state index contributed by atoms with van der Waals surface area (Å²) in [6.07, 6.45) is 3.41. The number of piperidine rings is 1. The van der Waals surface area contributed by atoms with Gasteiger partial charge in [0.25, 0.3) is 0 Å². The van der Waals surface area contributed by atoms with Crippen molar-refractivity contribution in [3.63, 3.8) is 0 Å². The monoisotopic (exact) mass is 255 g/mol. The van der Waals surface area contributed by atoms with E-state index in [9.17, 15) is 4.79 Å². The molecule has 1 fully saturated rings. The van der Waals surface area contributed by atoms with Crippen LogP contribution in [0.25, 0.3) is 0 Å². The van der Waals surface area contributed by atoms with E-state index in [2.05, 4.69) is 10.1 Å². The molecule has 0 saturated carbocycles. The van der Waals surface area contributed by atoms with Crippen LogP contribution in [0.15, 0.2) is 4.52 Å². The minimum Gasteiger partial charge on any atom is -0.342 e. The highest BCUT2D eigenvalue weighted by Gasteiger charge is 2.29. The molecule has 0 spiro atoms. The van der Waals surface area contributed by atoms with Gasteiger partial charge >= 0.3 is 0 Å². The fourth-order valence-corrected chi connectivity index (χ4v) is 2.42. The Labute approximate surface area is 105 Å². The van der Waals surface area contributed by atoms with Crippen LogP contribution in [0.1, 0.15) is 37.4 Å². The average molecular weight is 255 g/mol. The van der Waals surface area contributed by atoms with E-state index in [0.29, 0.717) is 18.9 Å². The molecule has 6 heteroatoms. The molecule has 1 atom stereocenters. The average Bonchev–Trinajstić information content (AvgIpc) is 2.79. The molecule has 1 aliphatic heterocycles. The van der Waals surface area contributed by atoms with E-state index in [1.54, 1.807) is 11.8 Å². The summed E-state index contributed by atoms with van der Waals surface area (Å²) in [6, 6.07) is 0. The number of likely N-dealkylation sites (tertiary alicyclic amines) is 1. The lowest BCUT2D eigenvalue weighted by Crippen LogP contribution is -2.38. The molecule has 0 aromatic carbocycles. The van der Waals surface area contributed by atoms with Gasteiger partial charge in [-0.3, -0.25) is 4.79 Å². The smallest absolute Gasteiger partial charge is 0.231 e. The second-order valence-corrected chi connectivity index (χ2v) is 5.02. The van der Waals surface area contributed by atoms with Gasteiger partial charge in [-0.2, -0.15) is 16.7 Å². The topological polar surface area (TPSA) is 59.2 Å². The van der Waals surface area contributed by atoms with Gasteiger partial charge in [-0.05, 0) is 19.6 Å². The predicted molar refractivity (Wildman–Crippen MR) is 65.7 cm³/mol. The quantitative estimate of drug-likeness (QED) is 0.819. The van der Waals surface area contributed by atoms with Crippen LogP contribution in [-0.4, -0.2) is 40.3 Å². The van der Waals surface area contributed by atoms with Crippen molar-refractivity contribution < 1.29 is 9.32 Å². The van der Waals surface area contributed by atoms with Crippen LogP contribution in [0.2, 0.25) is 0 Å². The van der Waals surface area contributed by atoms with Crippen molar-refractivity contribution in [1.82, 2.24) is 15.0 Å². The van der Waals surface area contributed by atoms with Gasteiger partial charge in [0.05, 0.1) is 11.7 Å². The Hall–Kier alpha value is -1.04. The first-order valence-electron chi connectivity index (χ1n) is 5.83. The third kappa shape index (κ3) is 2.80. The maximum atomic E-state index is 11.6. The Bertz CT molecular complexity index is 394. The normalized spacial score (nSPS) is 20.9. The molecule has 17 heavy (non-hydrogen) atoms. The third-order valence-electron chi connectivity index (χ3n) is 2.99. The number of nitrogens with zero attached hydrogens (tertiary/aromatic N) is 3. The number of amides is 1. The molecule has 1 amide bonds. The first-order valence-corrected chi connectivity index (χ1v) is 7.23. The van der Waals surface area contributed by atoms with Crippen molar-refractivity contribution in [3.05, 3.63) is 11.7 Å². The lowest BCUT2D eigenvalue weighted by molar-refractivity contribution is -0.133. The molecule has 0 aliphatic carbocycles. The molecule has 1 aliphatic rings. The van der Waals surface area contributed by atoms with Crippen LogP contribution in [0, 0.1) is 0 Å². The van der Waals surface area contributed by atoms with Gasteiger partial charge in [0.15, 0.2) is 5.82 Å². The van der Waals surface area contributed by atoms with Gasteiger partial charge in [-0.25, -0.2) is 0 Å². The summed E-state index contributed by atoms with van der Waals surface area (Å²) in [7, 11) is 0. The molecule has 0 bridgehead atoms. The van der Waals surface area contributed by atoms with Gasteiger partial charge in [-0.15, -0.1) is 0 Å².